The Balaban J connectivity index is 1.56. The minimum absolute atomic E-state index is 0.669. The van der Waals surface area contributed by atoms with Crippen LogP contribution in [-0.4, -0.2) is 38.8 Å². The predicted octanol–water partition coefficient (Wildman–Crippen LogP) is 3.15. The molecule has 0 saturated carbocycles. The Hall–Kier alpha value is -2.05. The largest absolute Gasteiger partial charge is 0.378 e. The van der Waals surface area contributed by atoms with Crippen molar-refractivity contribution in [3.63, 3.8) is 0 Å². The molecule has 1 aliphatic heterocycles. The van der Waals surface area contributed by atoms with Crippen molar-refractivity contribution in [2.45, 2.75) is 26.9 Å². The van der Waals surface area contributed by atoms with Crippen LogP contribution in [-0.2, 0) is 17.8 Å². The molecule has 0 bridgehead atoms. The fraction of sp³-hybridized carbons (Fsp3) is 0.450. The number of benzene rings is 1. The minimum Gasteiger partial charge on any atom is -0.378 e. The molecule has 3 rings (SSSR count). The van der Waals surface area contributed by atoms with Crippen molar-refractivity contribution >= 4 is 23.0 Å². The van der Waals surface area contributed by atoms with Crippen LogP contribution in [0, 0.1) is 6.92 Å². The maximum atomic E-state index is 5.42. The molecule has 140 valence electrons. The summed E-state index contributed by atoms with van der Waals surface area (Å²) in [7, 11) is 0. The summed E-state index contributed by atoms with van der Waals surface area (Å²) in [6, 6.07) is 13.0. The molecule has 1 saturated heterocycles. The standard InChI is InChI=1S/C20H28N4OS/c1-3-21-20(23-15-19-9-4-16(2)26-19)22-14-17-5-7-18(8-6-17)24-10-12-25-13-11-24/h4-9H,3,10-15H2,1-2H3,(H2,21,22,23). The van der Waals surface area contributed by atoms with Gasteiger partial charge in [-0.05, 0) is 43.7 Å². The van der Waals surface area contributed by atoms with Gasteiger partial charge >= 0.3 is 0 Å². The number of thiophene rings is 1. The summed E-state index contributed by atoms with van der Waals surface area (Å²) >= 11 is 1.82. The molecular formula is C20H28N4OS. The van der Waals surface area contributed by atoms with Crippen LogP contribution in [0.3, 0.4) is 0 Å². The molecule has 0 radical (unpaired) electrons. The van der Waals surface area contributed by atoms with Crippen molar-refractivity contribution in [1.29, 1.82) is 0 Å². The Labute approximate surface area is 160 Å². The van der Waals surface area contributed by atoms with Crippen LogP contribution in [0.4, 0.5) is 5.69 Å². The van der Waals surface area contributed by atoms with Crippen LogP contribution in [0.25, 0.3) is 0 Å². The third kappa shape index (κ3) is 5.47. The van der Waals surface area contributed by atoms with Gasteiger partial charge in [0.25, 0.3) is 0 Å². The highest BCUT2D eigenvalue weighted by Gasteiger charge is 2.10. The van der Waals surface area contributed by atoms with E-state index < -0.39 is 0 Å². The van der Waals surface area contributed by atoms with Crippen LogP contribution in [0.15, 0.2) is 41.4 Å². The number of anilines is 1. The van der Waals surface area contributed by atoms with Gasteiger partial charge in [-0.1, -0.05) is 12.1 Å². The summed E-state index contributed by atoms with van der Waals surface area (Å²) in [5, 5.41) is 6.73. The van der Waals surface area contributed by atoms with Crippen molar-refractivity contribution in [3.8, 4) is 0 Å². The fourth-order valence-electron chi connectivity index (χ4n) is 2.90. The monoisotopic (exact) mass is 372 g/mol. The fourth-order valence-corrected chi connectivity index (χ4v) is 3.73. The molecule has 5 nitrogen and oxygen atoms in total. The highest BCUT2D eigenvalue weighted by atomic mass is 32.1. The lowest BCUT2D eigenvalue weighted by Gasteiger charge is -2.28. The zero-order valence-corrected chi connectivity index (χ0v) is 16.4. The van der Waals surface area contributed by atoms with Gasteiger partial charge < -0.3 is 20.3 Å². The second-order valence-electron chi connectivity index (χ2n) is 6.33. The number of aliphatic imine (C=N–C) groups is 1. The van der Waals surface area contributed by atoms with E-state index in [1.807, 2.05) is 11.3 Å². The Morgan fingerprint density at radius 3 is 2.54 bits per heavy atom. The molecule has 1 aromatic heterocycles. The van der Waals surface area contributed by atoms with E-state index in [1.54, 1.807) is 0 Å². The number of ether oxygens (including phenoxy) is 1. The van der Waals surface area contributed by atoms with Crippen LogP contribution in [0.1, 0.15) is 22.2 Å². The lowest BCUT2D eigenvalue weighted by molar-refractivity contribution is 0.122. The molecule has 1 aliphatic rings. The molecule has 0 aliphatic carbocycles. The molecule has 1 aromatic carbocycles. The average Bonchev–Trinajstić information content (AvgIpc) is 3.10. The zero-order valence-electron chi connectivity index (χ0n) is 15.6. The van der Waals surface area contributed by atoms with Gasteiger partial charge in [-0.15, -0.1) is 11.3 Å². The quantitative estimate of drug-likeness (QED) is 0.604. The van der Waals surface area contributed by atoms with Crippen molar-refractivity contribution in [1.82, 2.24) is 10.6 Å². The topological polar surface area (TPSA) is 48.9 Å². The molecule has 2 heterocycles. The summed E-state index contributed by atoms with van der Waals surface area (Å²) < 4.78 is 5.42. The van der Waals surface area contributed by atoms with Crippen molar-refractivity contribution in [2.75, 3.05) is 37.7 Å². The van der Waals surface area contributed by atoms with Crippen molar-refractivity contribution in [3.05, 3.63) is 51.7 Å². The van der Waals surface area contributed by atoms with E-state index in [1.165, 1.54) is 21.0 Å². The SMILES string of the molecule is CCNC(=NCc1ccc(N2CCOCC2)cc1)NCc1ccc(C)s1. The number of morpholine rings is 1. The second kappa shape index (κ2) is 9.59. The Kier molecular flexibility index (Phi) is 6.91. The zero-order chi connectivity index (χ0) is 18.2. The van der Waals surface area contributed by atoms with Gasteiger partial charge in [0.2, 0.25) is 0 Å². The number of aryl methyl sites for hydroxylation is 1. The van der Waals surface area contributed by atoms with Gasteiger partial charge in [-0.2, -0.15) is 0 Å². The second-order valence-corrected chi connectivity index (χ2v) is 7.70. The molecule has 0 amide bonds. The van der Waals surface area contributed by atoms with E-state index in [9.17, 15) is 0 Å². The summed E-state index contributed by atoms with van der Waals surface area (Å²) in [5.41, 5.74) is 2.48. The third-order valence-electron chi connectivity index (χ3n) is 4.30. The van der Waals surface area contributed by atoms with Crippen molar-refractivity contribution < 1.29 is 4.74 Å². The van der Waals surface area contributed by atoms with Gasteiger partial charge in [0.15, 0.2) is 5.96 Å². The summed E-state index contributed by atoms with van der Waals surface area (Å²) in [5.74, 6) is 0.857. The van der Waals surface area contributed by atoms with E-state index in [0.29, 0.717) is 6.54 Å². The first-order valence-corrected chi connectivity index (χ1v) is 10.1. The van der Waals surface area contributed by atoms with E-state index in [-0.39, 0.29) is 0 Å². The summed E-state index contributed by atoms with van der Waals surface area (Å²) in [4.78, 5) is 9.74. The van der Waals surface area contributed by atoms with E-state index in [2.05, 4.69) is 65.8 Å². The highest BCUT2D eigenvalue weighted by Crippen LogP contribution is 2.17. The Morgan fingerprint density at radius 2 is 1.88 bits per heavy atom. The number of rotatable bonds is 6. The van der Waals surface area contributed by atoms with Crippen LogP contribution in [0.2, 0.25) is 0 Å². The highest BCUT2D eigenvalue weighted by molar-refractivity contribution is 7.11. The first-order chi connectivity index (χ1) is 12.7. The molecular weight excluding hydrogens is 344 g/mol. The molecule has 2 N–H and O–H groups in total. The van der Waals surface area contributed by atoms with Crippen LogP contribution in [0.5, 0.6) is 0 Å². The Morgan fingerprint density at radius 1 is 1.12 bits per heavy atom. The minimum atomic E-state index is 0.669. The van der Waals surface area contributed by atoms with Gasteiger partial charge in [0.1, 0.15) is 0 Å². The molecule has 0 unspecified atom stereocenters. The molecule has 1 fully saturated rings. The number of guanidine groups is 1. The number of hydrogen-bond acceptors (Lipinski definition) is 4. The normalized spacial score (nSPS) is 15.2. The van der Waals surface area contributed by atoms with Crippen LogP contribution >= 0.6 is 11.3 Å². The number of nitrogens with one attached hydrogen (secondary N) is 2. The van der Waals surface area contributed by atoms with Gasteiger partial charge in [0.05, 0.1) is 26.3 Å². The van der Waals surface area contributed by atoms with E-state index in [4.69, 9.17) is 9.73 Å². The Bertz CT molecular complexity index is 705. The first-order valence-electron chi connectivity index (χ1n) is 9.23. The van der Waals surface area contributed by atoms with Gasteiger partial charge in [-0.25, -0.2) is 4.99 Å². The smallest absolute Gasteiger partial charge is 0.191 e. The lowest BCUT2D eigenvalue weighted by Crippen LogP contribution is -2.36. The molecule has 0 spiro atoms. The molecule has 0 atom stereocenters. The molecule has 6 heteroatoms. The average molecular weight is 373 g/mol. The summed E-state index contributed by atoms with van der Waals surface area (Å²) in [6.07, 6.45) is 0. The first kappa shape index (κ1) is 18.7. The van der Waals surface area contributed by atoms with E-state index >= 15 is 0 Å². The maximum Gasteiger partial charge on any atom is 0.191 e. The van der Waals surface area contributed by atoms with Crippen LogP contribution < -0.4 is 15.5 Å². The van der Waals surface area contributed by atoms with Gasteiger partial charge in [-0.3, -0.25) is 0 Å². The lowest BCUT2D eigenvalue weighted by atomic mass is 10.2. The van der Waals surface area contributed by atoms with E-state index in [0.717, 1.165) is 45.4 Å². The van der Waals surface area contributed by atoms with Gasteiger partial charge in [0, 0.05) is 35.1 Å². The molecule has 2 aromatic rings. The van der Waals surface area contributed by atoms with Crippen molar-refractivity contribution in [2.24, 2.45) is 4.99 Å². The molecule has 26 heavy (non-hydrogen) atoms. The predicted molar refractivity (Wildman–Crippen MR) is 110 cm³/mol. The number of hydrogen-bond donors (Lipinski definition) is 2. The summed E-state index contributed by atoms with van der Waals surface area (Å²) in [6.45, 7) is 10.1. The third-order valence-corrected chi connectivity index (χ3v) is 5.30. The maximum absolute atomic E-state index is 5.42. The number of nitrogens with zero attached hydrogens (tertiary/aromatic N) is 2.